The van der Waals surface area contributed by atoms with Gasteiger partial charge in [-0.15, -0.1) is 0 Å². The Bertz CT molecular complexity index is 1590. The van der Waals surface area contributed by atoms with Gasteiger partial charge in [0.05, 0.1) is 6.42 Å². The van der Waals surface area contributed by atoms with Crippen molar-refractivity contribution in [3.05, 3.63) is 12.2 Å². The average molecular weight is 966 g/mol. The lowest BCUT2D eigenvalue weighted by atomic mass is 9.90. The van der Waals surface area contributed by atoms with E-state index in [0.29, 0.717) is 0 Å². The maximum absolute atomic E-state index is 13.8. The minimum Gasteiger partial charge on any atom is -0.396 e. The fraction of sp³-hybridized carbons (Fsp3) is 0.810. The largest absolute Gasteiger partial charge is 0.473 e. The number of alkyl halides is 34. The van der Waals surface area contributed by atoms with Gasteiger partial charge in [-0.1, -0.05) is 6.58 Å². The Kier molecular flexibility index (Phi) is 13.3. The van der Waals surface area contributed by atoms with Crippen LogP contribution in [0.5, 0.6) is 0 Å². The predicted octanol–water partition coefficient (Wildman–Crippen LogP) is 11.0. The van der Waals surface area contributed by atoms with Crippen LogP contribution in [-0.2, 0) is 19.1 Å². The van der Waals surface area contributed by atoms with Gasteiger partial charge in [-0.2, -0.15) is 149 Å². The first-order valence-electron chi connectivity index (χ1n) is 12.5. The van der Waals surface area contributed by atoms with Crippen LogP contribution in [0.25, 0.3) is 0 Å². The summed E-state index contributed by atoms with van der Waals surface area (Å²) >= 11 is 0. The molecule has 0 saturated heterocycles. The first-order valence-corrected chi connectivity index (χ1v) is 12.5. The fourth-order valence-corrected chi connectivity index (χ4v) is 3.04. The third kappa shape index (κ3) is 7.55. The van der Waals surface area contributed by atoms with Crippen LogP contribution in [-0.4, -0.2) is 108 Å². The van der Waals surface area contributed by atoms with Crippen LogP contribution >= 0.6 is 0 Å². The third-order valence-corrected chi connectivity index (χ3v) is 6.50. The van der Waals surface area contributed by atoms with Gasteiger partial charge in [0, 0.05) is 5.57 Å². The van der Waals surface area contributed by atoms with Crippen molar-refractivity contribution >= 4 is 11.9 Å². The summed E-state index contributed by atoms with van der Waals surface area (Å²) in [7, 11) is 0. The number of rotatable bonds is 17. The molecule has 0 spiro atoms. The lowest BCUT2D eigenvalue weighted by Gasteiger charge is -2.42. The number of halogens is 34. The summed E-state index contributed by atoms with van der Waals surface area (Å²) in [4.78, 5) is 22.7. The number of carbonyl (C=O) groups is 2. The molecule has 0 unspecified atom stereocenters. The molecule has 0 radical (unpaired) electrons. The van der Waals surface area contributed by atoms with Crippen LogP contribution < -0.4 is 0 Å². The number of carbonyl (C=O) groups excluding carboxylic acids is 2. The monoisotopic (exact) mass is 966 g/mol. The maximum Gasteiger partial charge on any atom is 0.473 e. The first kappa shape index (κ1) is 55.3. The van der Waals surface area contributed by atoms with Gasteiger partial charge < -0.3 is 9.47 Å². The predicted molar refractivity (Wildman–Crippen MR) is 107 cm³/mol. The molecule has 0 aromatic heterocycles. The van der Waals surface area contributed by atoms with Gasteiger partial charge in [-0.25, -0.2) is 4.79 Å². The second-order valence-corrected chi connectivity index (χ2v) is 10.6. The lowest BCUT2D eigenvalue weighted by molar-refractivity contribution is -0.474. The average Bonchev–Trinajstić information content (AvgIpc) is 2.97. The van der Waals surface area contributed by atoms with E-state index in [4.69, 9.17) is 0 Å². The van der Waals surface area contributed by atoms with Crippen LogP contribution in [0.4, 0.5) is 149 Å². The molecule has 0 N–H and O–H groups in total. The lowest BCUT2D eigenvalue weighted by Crippen LogP contribution is -2.74. The van der Waals surface area contributed by atoms with Gasteiger partial charge in [0.2, 0.25) is 0 Å². The van der Waals surface area contributed by atoms with Crippen LogP contribution in [0, 0.1) is 0 Å². The van der Waals surface area contributed by atoms with Gasteiger partial charge in [0.25, 0.3) is 0 Å². The highest BCUT2D eigenvalue weighted by atomic mass is 19.4. The fourth-order valence-electron chi connectivity index (χ4n) is 3.04. The van der Waals surface area contributed by atoms with Gasteiger partial charge in [0.15, 0.2) is 0 Å². The molecule has 0 rings (SSSR count). The Balaban J connectivity index is 6.64. The zero-order valence-electron chi connectivity index (χ0n) is 25.4. The molecule has 0 atom stereocenters. The van der Waals surface area contributed by atoms with Crippen molar-refractivity contribution in [2.24, 2.45) is 0 Å². The topological polar surface area (TPSA) is 52.6 Å². The molecular weight excluding hydrogens is 962 g/mol. The van der Waals surface area contributed by atoms with Crippen molar-refractivity contribution in [2.75, 3.05) is 0 Å². The standard InChI is InChI=1S/C21H4F34O4/c1-3(5(57)59-21(54,55)17(44,45)13(36,37)9(28,29)7(24,25)11(32,33)15(40,41)19(49,50)51)2-4(56)58-20(52,53)16(42,43)12(34,35)8(26,27)6(22,23)10(30,31)14(38,39)18(46,47)48/h1-2H2. The minimum atomic E-state index is -9.30. The highest BCUT2D eigenvalue weighted by Crippen LogP contribution is 2.66. The number of esters is 2. The summed E-state index contributed by atoms with van der Waals surface area (Å²) in [6.07, 6.45) is -36.0. The van der Waals surface area contributed by atoms with Crippen molar-refractivity contribution in [3.8, 4) is 0 Å². The van der Waals surface area contributed by atoms with Crippen molar-refractivity contribution in [1.29, 1.82) is 0 Å². The normalized spacial score (nSPS) is 16.2. The number of hydrogen-bond donors (Lipinski definition) is 0. The van der Waals surface area contributed by atoms with Gasteiger partial charge >= 0.3 is 108 Å². The molecule has 0 heterocycles. The van der Waals surface area contributed by atoms with Gasteiger partial charge in [-0.3, -0.25) is 4.79 Å². The Labute approximate surface area is 296 Å². The van der Waals surface area contributed by atoms with Crippen LogP contribution in [0.3, 0.4) is 0 Å². The molecule has 350 valence electrons. The maximum atomic E-state index is 13.8. The second-order valence-electron chi connectivity index (χ2n) is 10.6. The van der Waals surface area contributed by atoms with Gasteiger partial charge in [0.1, 0.15) is 0 Å². The Morgan fingerprint density at radius 2 is 0.492 bits per heavy atom. The summed E-state index contributed by atoms with van der Waals surface area (Å²) in [6.45, 7) is 1.73. The highest BCUT2D eigenvalue weighted by molar-refractivity contribution is 5.93. The molecule has 0 aromatic rings. The molecule has 0 bridgehead atoms. The molecular formula is C21H4F34O4. The van der Waals surface area contributed by atoms with Crippen molar-refractivity contribution in [1.82, 2.24) is 0 Å². The summed E-state index contributed by atoms with van der Waals surface area (Å²) in [5.74, 6) is -116. The van der Waals surface area contributed by atoms with E-state index in [9.17, 15) is 159 Å². The summed E-state index contributed by atoms with van der Waals surface area (Å²) in [6, 6.07) is 0. The molecule has 38 heteroatoms. The van der Waals surface area contributed by atoms with E-state index >= 15 is 0 Å². The molecule has 0 aliphatic carbocycles. The van der Waals surface area contributed by atoms with E-state index < -0.39 is 120 Å². The Morgan fingerprint density at radius 1 is 0.305 bits per heavy atom. The molecule has 0 aromatic carbocycles. The van der Waals surface area contributed by atoms with Crippen molar-refractivity contribution in [3.63, 3.8) is 0 Å². The molecule has 0 amide bonds. The first-order chi connectivity index (χ1) is 24.9. The molecule has 59 heavy (non-hydrogen) atoms. The van der Waals surface area contributed by atoms with E-state index in [1.807, 2.05) is 9.47 Å². The SMILES string of the molecule is C=C(CC(=O)OC(F)(F)C(F)(F)C(F)(F)C(F)(F)C(F)(F)C(F)(F)C(F)(F)C(F)(F)F)C(=O)OC(F)(F)C(F)(F)C(F)(F)C(F)(F)C(F)(F)C(F)(F)C(F)(F)C(F)(F)F. The van der Waals surface area contributed by atoms with E-state index in [1.54, 1.807) is 6.58 Å². The Morgan fingerprint density at radius 3 is 0.712 bits per heavy atom. The van der Waals surface area contributed by atoms with Crippen molar-refractivity contribution < 1.29 is 168 Å². The van der Waals surface area contributed by atoms with E-state index in [0.717, 1.165) is 0 Å². The van der Waals surface area contributed by atoms with Crippen LogP contribution in [0.2, 0.25) is 0 Å². The van der Waals surface area contributed by atoms with Crippen LogP contribution in [0.15, 0.2) is 12.2 Å². The van der Waals surface area contributed by atoms with Crippen molar-refractivity contribution in [2.45, 2.75) is 102 Å². The quantitative estimate of drug-likeness (QED) is 0.0828. The van der Waals surface area contributed by atoms with E-state index in [2.05, 4.69) is 0 Å². The van der Waals surface area contributed by atoms with E-state index in [-0.39, 0.29) is 0 Å². The molecule has 0 fully saturated rings. The van der Waals surface area contributed by atoms with E-state index in [1.165, 1.54) is 0 Å². The minimum absolute atomic E-state index is 1.73. The molecule has 4 nitrogen and oxygen atoms in total. The summed E-state index contributed by atoms with van der Waals surface area (Å²) in [5, 5.41) is 0. The second kappa shape index (κ2) is 14.2. The smallest absolute Gasteiger partial charge is 0.396 e. The Hall–Kier alpha value is -3.70. The summed E-state index contributed by atoms with van der Waals surface area (Å²) < 4.78 is 453. The number of ether oxygens (including phenoxy) is 2. The summed E-state index contributed by atoms with van der Waals surface area (Å²) in [5.41, 5.74) is -2.96. The zero-order valence-corrected chi connectivity index (χ0v) is 25.4. The van der Waals surface area contributed by atoms with Gasteiger partial charge in [-0.05, 0) is 0 Å². The zero-order chi connectivity index (χ0) is 48.9. The van der Waals surface area contributed by atoms with Crippen LogP contribution in [0.1, 0.15) is 6.42 Å². The third-order valence-electron chi connectivity index (χ3n) is 6.50. The number of hydrogen-bond acceptors (Lipinski definition) is 4. The molecule has 0 aliphatic rings. The highest BCUT2D eigenvalue weighted by Gasteiger charge is 2.97. The molecule has 0 saturated carbocycles. The molecule has 0 aliphatic heterocycles.